The first-order valence-corrected chi connectivity index (χ1v) is 10.5. The number of hydrogen-bond donors (Lipinski definition) is 2. The third kappa shape index (κ3) is 3.50. The normalized spacial score (nSPS) is 11.2. The number of thiophene rings is 1. The maximum Gasteiger partial charge on any atom is 0.439 e. The van der Waals surface area contributed by atoms with Gasteiger partial charge in [0.05, 0.1) is 22.3 Å². The molecule has 0 atom stereocenters. The minimum atomic E-state index is -0.650. The second-order valence-electron chi connectivity index (χ2n) is 7.31. The summed E-state index contributed by atoms with van der Waals surface area (Å²) in [5.41, 5.74) is 4.02. The summed E-state index contributed by atoms with van der Waals surface area (Å²) in [5, 5.41) is 11.1. The van der Waals surface area contributed by atoms with Gasteiger partial charge in [-0.15, -0.1) is 11.3 Å². The Morgan fingerprint density at radius 2 is 1.94 bits per heavy atom. The number of fused-ring (bicyclic) bond motifs is 1. The second-order valence-corrected chi connectivity index (χ2v) is 8.77. The Hall–Kier alpha value is -4.05. The van der Waals surface area contributed by atoms with E-state index in [4.69, 9.17) is 4.52 Å². The van der Waals surface area contributed by atoms with E-state index in [-0.39, 0.29) is 11.7 Å². The number of nitrogens with one attached hydrogen (secondary N) is 2. The number of rotatable bonds is 4. The lowest BCUT2D eigenvalue weighted by Gasteiger charge is -2.09. The number of anilines is 1. The lowest BCUT2D eigenvalue weighted by molar-refractivity contribution is 0.102. The van der Waals surface area contributed by atoms with Gasteiger partial charge in [-0.05, 0) is 45.0 Å². The topological polar surface area (TPSA) is 127 Å². The number of nitrogens with zero attached hydrogens (tertiary/aromatic N) is 3. The van der Waals surface area contributed by atoms with E-state index in [0.717, 1.165) is 15.3 Å². The molecule has 0 bridgehead atoms. The number of aromatic nitrogens is 4. The molecule has 160 valence electrons. The molecule has 32 heavy (non-hydrogen) atoms. The summed E-state index contributed by atoms with van der Waals surface area (Å²) in [7, 11) is 0. The maximum atomic E-state index is 13.3. The molecule has 0 saturated heterocycles. The Labute approximate surface area is 185 Å². The minimum Gasteiger partial charge on any atom is -0.335 e. The summed E-state index contributed by atoms with van der Waals surface area (Å²) in [5.74, 6) is -0.707. The fourth-order valence-electron chi connectivity index (χ4n) is 3.59. The van der Waals surface area contributed by atoms with Gasteiger partial charge in [0.25, 0.3) is 11.6 Å². The van der Waals surface area contributed by atoms with Crippen molar-refractivity contribution in [2.75, 3.05) is 5.32 Å². The summed E-state index contributed by atoms with van der Waals surface area (Å²) >= 11 is 1.67. The van der Waals surface area contributed by atoms with Crippen LogP contribution in [-0.4, -0.2) is 26.2 Å². The van der Waals surface area contributed by atoms with E-state index < -0.39 is 5.76 Å². The highest BCUT2D eigenvalue weighted by molar-refractivity contribution is 7.12. The summed E-state index contributed by atoms with van der Waals surface area (Å²) in [6, 6.07) is 10.7. The summed E-state index contributed by atoms with van der Waals surface area (Å²) in [6.45, 7) is 5.82. The second kappa shape index (κ2) is 7.57. The zero-order valence-corrected chi connectivity index (χ0v) is 18.2. The molecule has 0 spiro atoms. The number of amides is 1. The van der Waals surface area contributed by atoms with E-state index in [1.165, 1.54) is 0 Å². The average Bonchev–Trinajstić information content (AvgIpc) is 3.46. The van der Waals surface area contributed by atoms with Crippen molar-refractivity contribution in [2.45, 2.75) is 20.8 Å². The number of pyridine rings is 1. The maximum absolute atomic E-state index is 13.3. The van der Waals surface area contributed by atoms with Gasteiger partial charge in [-0.1, -0.05) is 22.4 Å². The van der Waals surface area contributed by atoms with Gasteiger partial charge in [0, 0.05) is 26.6 Å². The smallest absolute Gasteiger partial charge is 0.335 e. The van der Waals surface area contributed by atoms with Gasteiger partial charge < -0.3 is 9.84 Å². The van der Waals surface area contributed by atoms with Crippen molar-refractivity contribution in [3.63, 3.8) is 0 Å². The number of carbonyl (C=O) groups is 1. The number of benzene rings is 1. The zero-order valence-electron chi connectivity index (χ0n) is 17.3. The number of aromatic amines is 1. The monoisotopic (exact) mass is 447 g/mol. The van der Waals surface area contributed by atoms with Gasteiger partial charge in [0.1, 0.15) is 0 Å². The van der Waals surface area contributed by atoms with Crippen molar-refractivity contribution in [1.82, 2.24) is 20.3 Å². The van der Waals surface area contributed by atoms with Crippen LogP contribution >= 0.6 is 11.3 Å². The average molecular weight is 447 g/mol. The first kappa shape index (κ1) is 19.9. The van der Waals surface area contributed by atoms with Gasteiger partial charge in [-0.3, -0.25) is 14.3 Å². The first-order valence-electron chi connectivity index (χ1n) is 9.71. The first-order chi connectivity index (χ1) is 15.4. The fourth-order valence-corrected chi connectivity index (χ4v) is 4.53. The van der Waals surface area contributed by atoms with Crippen molar-refractivity contribution in [3.05, 3.63) is 68.0 Å². The molecule has 0 radical (unpaired) electrons. The molecule has 1 amide bonds. The van der Waals surface area contributed by atoms with Gasteiger partial charge in [-0.25, -0.2) is 9.78 Å². The van der Waals surface area contributed by atoms with Crippen LogP contribution in [-0.2, 0) is 0 Å². The molecule has 5 aromatic rings. The van der Waals surface area contributed by atoms with E-state index in [9.17, 15) is 9.59 Å². The third-order valence-electron chi connectivity index (χ3n) is 5.01. The van der Waals surface area contributed by atoms with Crippen LogP contribution in [0.3, 0.4) is 0 Å². The lowest BCUT2D eigenvalue weighted by atomic mass is 10.1. The molecular formula is C22H17N5O4S. The standard InChI is InChI=1S/C22H17N5O4S/c1-10-7-15(12(3)32-10)17-9-16(18-11(2)26-30-21(18)24-17)20(28)23-14-6-4-5-13(8-14)19-25-22(29)31-27-19/h4-9H,1-3H3,(H,23,28)(H,25,27,29). The molecule has 0 aliphatic carbocycles. The van der Waals surface area contributed by atoms with Crippen molar-refractivity contribution in [3.8, 4) is 22.6 Å². The van der Waals surface area contributed by atoms with Crippen LogP contribution in [0.5, 0.6) is 0 Å². The number of H-pyrrole nitrogens is 1. The Morgan fingerprint density at radius 3 is 2.66 bits per heavy atom. The molecule has 0 saturated carbocycles. The summed E-state index contributed by atoms with van der Waals surface area (Å²) < 4.78 is 9.94. The zero-order chi connectivity index (χ0) is 22.4. The molecule has 9 nitrogen and oxygen atoms in total. The van der Waals surface area contributed by atoms with E-state index in [0.29, 0.717) is 39.3 Å². The van der Waals surface area contributed by atoms with Gasteiger partial charge >= 0.3 is 5.76 Å². The van der Waals surface area contributed by atoms with Crippen LogP contribution in [0.15, 0.2) is 50.2 Å². The Kier molecular flexibility index (Phi) is 4.71. The van der Waals surface area contributed by atoms with E-state index in [2.05, 4.69) is 30.1 Å². The van der Waals surface area contributed by atoms with E-state index in [1.807, 2.05) is 19.9 Å². The van der Waals surface area contributed by atoms with Crippen molar-refractivity contribution in [1.29, 1.82) is 0 Å². The molecule has 0 aliphatic heterocycles. The fraction of sp³-hybridized carbons (Fsp3) is 0.136. The number of hydrogen-bond acceptors (Lipinski definition) is 8. The predicted octanol–water partition coefficient (Wildman–Crippen LogP) is 4.47. The van der Waals surface area contributed by atoms with Gasteiger partial charge in [-0.2, -0.15) is 0 Å². The van der Waals surface area contributed by atoms with Crippen molar-refractivity contribution in [2.24, 2.45) is 0 Å². The SMILES string of the molecule is Cc1cc(-c2cc(C(=O)Nc3cccc(-c4noc(=O)[nH]4)c3)c3c(C)noc3n2)c(C)s1. The quantitative estimate of drug-likeness (QED) is 0.416. The number of aryl methyl sites for hydroxylation is 3. The third-order valence-corrected chi connectivity index (χ3v) is 5.98. The minimum absolute atomic E-state index is 0.276. The molecule has 0 aliphatic rings. The number of carbonyl (C=O) groups excluding carboxylic acids is 1. The van der Waals surface area contributed by atoms with Gasteiger partial charge in [0.2, 0.25) is 0 Å². The van der Waals surface area contributed by atoms with E-state index in [1.54, 1.807) is 48.6 Å². The van der Waals surface area contributed by atoms with E-state index >= 15 is 0 Å². The Morgan fingerprint density at radius 1 is 1.09 bits per heavy atom. The molecule has 4 aromatic heterocycles. The molecule has 0 unspecified atom stereocenters. The molecule has 10 heteroatoms. The highest BCUT2D eigenvalue weighted by atomic mass is 32.1. The summed E-state index contributed by atoms with van der Waals surface area (Å²) in [6.07, 6.45) is 0. The van der Waals surface area contributed by atoms with Gasteiger partial charge in [0.15, 0.2) is 5.82 Å². The summed E-state index contributed by atoms with van der Waals surface area (Å²) in [4.78, 5) is 33.9. The van der Waals surface area contributed by atoms with Crippen LogP contribution in [0.1, 0.15) is 25.8 Å². The molecule has 2 N–H and O–H groups in total. The highest BCUT2D eigenvalue weighted by Gasteiger charge is 2.21. The van der Waals surface area contributed by atoms with Crippen LogP contribution in [0, 0.1) is 20.8 Å². The largest absolute Gasteiger partial charge is 0.439 e. The molecule has 0 fully saturated rings. The molecular weight excluding hydrogens is 430 g/mol. The predicted molar refractivity (Wildman–Crippen MR) is 120 cm³/mol. The van der Waals surface area contributed by atoms with Crippen LogP contribution in [0.4, 0.5) is 5.69 Å². The van der Waals surface area contributed by atoms with Crippen LogP contribution < -0.4 is 11.1 Å². The van der Waals surface area contributed by atoms with Crippen molar-refractivity contribution >= 4 is 34.0 Å². The van der Waals surface area contributed by atoms with Crippen molar-refractivity contribution < 1.29 is 13.8 Å². The Bertz CT molecular complexity index is 1540. The molecule has 4 heterocycles. The molecule has 1 aromatic carbocycles. The van der Waals surface area contributed by atoms with Crippen LogP contribution in [0.25, 0.3) is 33.7 Å². The van der Waals surface area contributed by atoms with Crippen LogP contribution in [0.2, 0.25) is 0 Å². The highest BCUT2D eigenvalue weighted by Crippen LogP contribution is 2.33. The molecule has 5 rings (SSSR count). The lowest BCUT2D eigenvalue weighted by Crippen LogP contribution is -2.13. The Balaban J connectivity index is 1.55.